The average Bonchev–Trinajstić information content (AvgIpc) is 2.84. The highest BCUT2D eigenvalue weighted by atomic mass is 32.2. The first-order valence-corrected chi connectivity index (χ1v) is 13.2. The zero-order valence-electron chi connectivity index (χ0n) is 20.8. The van der Waals surface area contributed by atoms with Gasteiger partial charge in [-0.05, 0) is 49.6 Å². The van der Waals surface area contributed by atoms with Crippen molar-refractivity contribution >= 4 is 38.1 Å². The third-order valence-corrected chi connectivity index (χ3v) is 7.81. The lowest BCUT2D eigenvalue weighted by Gasteiger charge is -2.21. The van der Waals surface area contributed by atoms with E-state index in [9.17, 15) is 13.2 Å². The Morgan fingerprint density at radius 2 is 1.39 bits per heavy atom. The number of hydrogen-bond acceptors (Lipinski definition) is 5. The first kappa shape index (κ1) is 25.3. The molecule has 0 radical (unpaired) electrons. The molecule has 6 nitrogen and oxygen atoms in total. The average molecular weight is 503 g/mol. The van der Waals surface area contributed by atoms with Gasteiger partial charge in [0.05, 0.1) is 17.7 Å². The molecule has 0 aromatic heterocycles. The van der Waals surface area contributed by atoms with Crippen molar-refractivity contribution in [2.45, 2.75) is 38.1 Å². The maximum absolute atomic E-state index is 13.4. The van der Waals surface area contributed by atoms with E-state index < -0.39 is 16.1 Å². The van der Waals surface area contributed by atoms with Crippen LogP contribution in [-0.2, 0) is 26.0 Å². The van der Waals surface area contributed by atoms with Gasteiger partial charge in [0.2, 0.25) is 0 Å². The Morgan fingerprint density at radius 1 is 0.833 bits per heavy atom. The lowest BCUT2D eigenvalue weighted by Crippen LogP contribution is -2.33. The Balaban J connectivity index is 1.70. The van der Waals surface area contributed by atoms with Gasteiger partial charge in [-0.3, -0.25) is 4.72 Å². The van der Waals surface area contributed by atoms with E-state index in [1.165, 1.54) is 7.11 Å². The number of benzene rings is 4. The summed E-state index contributed by atoms with van der Waals surface area (Å²) in [6, 6.07) is 23.8. The molecule has 0 heterocycles. The molecule has 4 aromatic rings. The van der Waals surface area contributed by atoms with Crippen molar-refractivity contribution in [3.63, 3.8) is 0 Å². The number of esters is 1. The van der Waals surface area contributed by atoms with Crippen molar-refractivity contribution in [2.24, 2.45) is 0 Å². The molecule has 7 heteroatoms. The van der Waals surface area contributed by atoms with E-state index in [2.05, 4.69) is 10.0 Å². The molecule has 0 saturated heterocycles. The summed E-state index contributed by atoms with van der Waals surface area (Å²) in [6.07, 6.45) is 0.447. The lowest BCUT2D eigenvalue weighted by atomic mass is 10.0. The number of methoxy groups -OCH3 is 1. The quantitative estimate of drug-likeness (QED) is 0.299. The van der Waals surface area contributed by atoms with Crippen LogP contribution in [0.3, 0.4) is 0 Å². The largest absolute Gasteiger partial charge is 0.467 e. The Morgan fingerprint density at radius 3 is 2.00 bits per heavy atom. The van der Waals surface area contributed by atoms with Gasteiger partial charge in [-0.15, -0.1) is 0 Å². The number of anilines is 2. The molecular formula is C29H30N2O4S. The van der Waals surface area contributed by atoms with E-state index in [-0.39, 0.29) is 10.9 Å². The Kier molecular flexibility index (Phi) is 7.31. The first-order valence-electron chi connectivity index (χ1n) is 11.7. The summed E-state index contributed by atoms with van der Waals surface area (Å²) >= 11 is 0. The molecule has 0 aliphatic carbocycles. The molecule has 4 aromatic carbocycles. The second-order valence-corrected chi connectivity index (χ2v) is 10.6. The molecule has 0 unspecified atom stereocenters. The smallest absolute Gasteiger partial charge is 0.328 e. The minimum Gasteiger partial charge on any atom is -0.467 e. The van der Waals surface area contributed by atoms with Crippen molar-refractivity contribution in [3.05, 3.63) is 101 Å². The van der Waals surface area contributed by atoms with Crippen molar-refractivity contribution in [1.82, 2.24) is 0 Å². The van der Waals surface area contributed by atoms with Crippen LogP contribution in [0, 0.1) is 20.8 Å². The van der Waals surface area contributed by atoms with Crippen LogP contribution < -0.4 is 10.0 Å². The molecular weight excluding hydrogens is 472 g/mol. The number of aryl methyl sites for hydroxylation is 3. The van der Waals surface area contributed by atoms with E-state index in [0.717, 1.165) is 21.9 Å². The number of carbonyl (C=O) groups excluding carboxylic acids is 1. The van der Waals surface area contributed by atoms with Gasteiger partial charge >= 0.3 is 5.97 Å². The fourth-order valence-corrected chi connectivity index (χ4v) is 6.21. The van der Waals surface area contributed by atoms with Crippen LogP contribution in [0.15, 0.2) is 83.8 Å². The normalized spacial score (nSPS) is 12.2. The molecule has 36 heavy (non-hydrogen) atoms. The van der Waals surface area contributed by atoms with Crippen molar-refractivity contribution in [3.8, 4) is 0 Å². The number of nitrogens with one attached hydrogen (secondary N) is 2. The fraction of sp³-hybridized carbons (Fsp3) is 0.207. The predicted octanol–water partition coefficient (Wildman–Crippen LogP) is 5.76. The Bertz CT molecular complexity index is 1490. The lowest BCUT2D eigenvalue weighted by molar-refractivity contribution is -0.141. The second kappa shape index (κ2) is 10.4. The van der Waals surface area contributed by atoms with E-state index in [1.807, 2.05) is 73.7 Å². The Hall–Kier alpha value is -3.84. The molecule has 0 aliphatic rings. The van der Waals surface area contributed by atoms with Crippen LogP contribution in [-0.4, -0.2) is 27.5 Å². The number of hydrogen-bond donors (Lipinski definition) is 2. The standard InChI is InChI=1S/C29H30N2O4S/c1-19-16-20(2)28(21(3)17-19)36(33,34)31-26-15-14-25(23-12-8-9-13-24(23)26)30-27(29(32)35-4)18-22-10-6-5-7-11-22/h5-17,27,30-31H,18H2,1-4H3/t27-/m0/s1. The maximum atomic E-state index is 13.4. The summed E-state index contributed by atoms with van der Waals surface area (Å²) in [5.74, 6) is -0.377. The zero-order chi connectivity index (χ0) is 25.9. The molecule has 0 fully saturated rings. The monoisotopic (exact) mass is 502 g/mol. The van der Waals surface area contributed by atoms with Gasteiger partial charge in [-0.2, -0.15) is 0 Å². The fourth-order valence-electron chi connectivity index (χ4n) is 4.67. The zero-order valence-corrected chi connectivity index (χ0v) is 21.6. The number of carbonyl (C=O) groups is 1. The summed E-state index contributed by atoms with van der Waals surface area (Å²) in [6.45, 7) is 5.56. The van der Waals surface area contributed by atoms with Crippen LogP contribution in [0.1, 0.15) is 22.3 Å². The third-order valence-electron chi connectivity index (χ3n) is 6.14. The van der Waals surface area contributed by atoms with Crippen LogP contribution >= 0.6 is 0 Å². The molecule has 0 amide bonds. The highest BCUT2D eigenvalue weighted by molar-refractivity contribution is 7.92. The molecule has 1 atom stereocenters. The summed E-state index contributed by atoms with van der Waals surface area (Å²) in [5.41, 5.74) is 4.59. The van der Waals surface area contributed by atoms with Gasteiger partial charge in [0.1, 0.15) is 6.04 Å². The van der Waals surface area contributed by atoms with Gasteiger partial charge in [-0.1, -0.05) is 72.3 Å². The SMILES string of the molecule is COC(=O)[C@H](Cc1ccccc1)Nc1ccc(NS(=O)(=O)c2c(C)cc(C)cc2C)c2ccccc12. The van der Waals surface area contributed by atoms with Crippen LogP contribution in [0.2, 0.25) is 0 Å². The van der Waals surface area contributed by atoms with Crippen LogP contribution in [0.4, 0.5) is 11.4 Å². The molecule has 0 saturated carbocycles. The topological polar surface area (TPSA) is 84.5 Å². The maximum Gasteiger partial charge on any atom is 0.328 e. The number of ether oxygens (including phenoxy) is 1. The summed E-state index contributed by atoms with van der Waals surface area (Å²) < 4.78 is 34.6. The first-order chi connectivity index (χ1) is 17.2. The highest BCUT2D eigenvalue weighted by Crippen LogP contribution is 2.33. The van der Waals surface area contributed by atoms with Crippen molar-refractivity contribution in [1.29, 1.82) is 0 Å². The predicted molar refractivity (Wildman–Crippen MR) is 145 cm³/mol. The summed E-state index contributed by atoms with van der Waals surface area (Å²) in [5, 5.41) is 4.82. The van der Waals surface area contributed by atoms with E-state index in [0.29, 0.717) is 28.9 Å². The molecule has 4 rings (SSSR count). The Labute approximate surface area is 212 Å². The number of fused-ring (bicyclic) bond motifs is 1. The third kappa shape index (κ3) is 5.36. The van der Waals surface area contributed by atoms with Gasteiger partial charge in [0, 0.05) is 22.9 Å². The van der Waals surface area contributed by atoms with Crippen molar-refractivity contribution < 1.29 is 17.9 Å². The molecule has 186 valence electrons. The number of sulfonamides is 1. The van der Waals surface area contributed by atoms with Crippen molar-refractivity contribution in [2.75, 3.05) is 17.1 Å². The van der Waals surface area contributed by atoms with E-state index in [4.69, 9.17) is 4.74 Å². The van der Waals surface area contributed by atoms with E-state index in [1.54, 1.807) is 26.0 Å². The van der Waals surface area contributed by atoms with Crippen LogP contribution in [0.5, 0.6) is 0 Å². The van der Waals surface area contributed by atoms with E-state index >= 15 is 0 Å². The summed E-state index contributed by atoms with van der Waals surface area (Å²) in [7, 11) is -2.45. The molecule has 0 bridgehead atoms. The number of rotatable bonds is 8. The van der Waals surface area contributed by atoms with Gasteiger partial charge in [-0.25, -0.2) is 13.2 Å². The highest BCUT2D eigenvalue weighted by Gasteiger charge is 2.23. The molecule has 2 N–H and O–H groups in total. The van der Waals surface area contributed by atoms with Crippen LogP contribution in [0.25, 0.3) is 10.8 Å². The van der Waals surface area contributed by atoms with Gasteiger partial charge < -0.3 is 10.1 Å². The summed E-state index contributed by atoms with van der Waals surface area (Å²) in [4.78, 5) is 12.9. The second-order valence-electron chi connectivity index (χ2n) is 8.95. The molecule has 0 aliphatic heterocycles. The minimum absolute atomic E-state index is 0.285. The van der Waals surface area contributed by atoms with Gasteiger partial charge in [0.15, 0.2) is 0 Å². The minimum atomic E-state index is -3.82. The van der Waals surface area contributed by atoms with Gasteiger partial charge in [0.25, 0.3) is 10.0 Å². The molecule has 0 spiro atoms.